The van der Waals surface area contributed by atoms with Crippen molar-refractivity contribution < 1.29 is 4.79 Å². The average Bonchev–Trinajstić information content (AvgIpc) is 3.06. The smallest absolute Gasteiger partial charge is 0.253 e. The van der Waals surface area contributed by atoms with Gasteiger partial charge in [-0.15, -0.1) is 0 Å². The van der Waals surface area contributed by atoms with Crippen LogP contribution in [0, 0.1) is 0 Å². The maximum absolute atomic E-state index is 12.0. The first-order valence-electron chi connectivity index (χ1n) is 7.87. The van der Waals surface area contributed by atoms with E-state index in [9.17, 15) is 4.79 Å². The van der Waals surface area contributed by atoms with E-state index in [0.717, 1.165) is 22.8 Å². The molecule has 2 aromatic heterocycles. The quantitative estimate of drug-likeness (QED) is 0.693. The van der Waals surface area contributed by atoms with Gasteiger partial charge in [0.05, 0.1) is 17.0 Å². The summed E-state index contributed by atoms with van der Waals surface area (Å²) in [6.07, 6.45) is 1.71. The average molecular weight is 319 g/mol. The minimum absolute atomic E-state index is 0.0395. The Morgan fingerprint density at radius 2 is 2.04 bits per heavy atom. The topological polar surface area (TPSA) is 82.7 Å². The number of hydrogen-bond acceptors (Lipinski definition) is 4. The number of aromatic amines is 1. The largest absolute Gasteiger partial charge is 0.356 e. The highest BCUT2D eigenvalue weighted by atomic mass is 16.1. The van der Waals surface area contributed by atoms with Gasteiger partial charge in [0.1, 0.15) is 0 Å². The molecule has 24 heavy (non-hydrogen) atoms. The number of amides is 1. The number of carbonyl (C=O) groups excluding carboxylic acids is 1. The van der Waals surface area contributed by atoms with Crippen LogP contribution in [-0.2, 0) is 0 Å². The summed E-state index contributed by atoms with van der Waals surface area (Å²) in [6, 6.07) is 13.4. The normalized spacial score (nSPS) is 16.4. The molecule has 6 nitrogen and oxygen atoms in total. The summed E-state index contributed by atoms with van der Waals surface area (Å²) in [6.45, 7) is 2.73. The van der Waals surface area contributed by atoms with Gasteiger partial charge in [0.25, 0.3) is 5.91 Å². The zero-order chi connectivity index (χ0) is 16.5. The second-order valence-corrected chi connectivity index (χ2v) is 5.88. The van der Waals surface area contributed by atoms with E-state index in [1.54, 1.807) is 6.20 Å². The summed E-state index contributed by atoms with van der Waals surface area (Å²) < 4.78 is 0. The minimum Gasteiger partial charge on any atom is -0.356 e. The number of para-hydroxylation sites is 1. The van der Waals surface area contributed by atoms with Crippen molar-refractivity contribution in [1.29, 1.82) is 0 Å². The number of fused-ring (bicyclic) bond motifs is 1. The van der Waals surface area contributed by atoms with Crippen molar-refractivity contribution in [3.63, 3.8) is 0 Å². The van der Waals surface area contributed by atoms with Crippen molar-refractivity contribution >= 4 is 17.5 Å². The molecular formula is C18H17N5O. The van der Waals surface area contributed by atoms with Gasteiger partial charge in [0, 0.05) is 30.0 Å². The Balaban J connectivity index is 1.67. The Labute approximate surface area is 139 Å². The summed E-state index contributed by atoms with van der Waals surface area (Å²) in [7, 11) is 0. The molecule has 4 rings (SSSR count). The van der Waals surface area contributed by atoms with Gasteiger partial charge in [0.15, 0.2) is 0 Å². The molecule has 0 bridgehead atoms. The van der Waals surface area contributed by atoms with Crippen LogP contribution in [-0.4, -0.2) is 27.4 Å². The Hall–Kier alpha value is -3.15. The van der Waals surface area contributed by atoms with Gasteiger partial charge in [-0.05, 0) is 24.3 Å². The highest BCUT2D eigenvalue weighted by Crippen LogP contribution is 2.28. The molecule has 1 aliphatic heterocycles. The lowest BCUT2D eigenvalue weighted by Gasteiger charge is -2.18. The molecular weight excluding hydrogens is 302 g/mol. The second-order valence-electron chi connectivity index (χ2n) is 5.88. The number of carbonyl (C=O) groups is 1. The first-order chi connectivity index (χ1) is 11.7. The van der Waals surface area contributed by atoms with E-state index in [2.05, 4.69) is 32.5 Å². The van der Waals surface area contributed by atoms with Gasteiger partial charge >= 0.3 is 0 Å². The van der Waals surface area contributed by atoms with Gasteiger partial charge < -0.3 is 15.6 Å². The molecule has 1 unspecified atom stereocenters. The van der Waals surface area contributed by atoms with E-state index in [1.807, 2.05) is 42.5 Å². The van der Waals surface area contributed by atoms with E-state index in [4.69, 9.17) is 0 Å². The fraction of sp³-hybridized carbons (Fsp3) is 0.167. The number of aromatic nitrogens is 3. The molecule has 3 heterocycles. The minimum atomic E-state index is -0.0395. The molecule has 1 amide bonds. The van der Waals surface area contributed by atoms with E-state index < -0.39 is 0 Å². The molecule has 0 aliphatic carbocycles. The maximum atomic E-state index is 12.0. The molecule has 0 spiro atoms. The predicted octanol–water partition coefficient (Wildman–Crippen LogP) is 3.06. The molecule has 6 heteroatoms. The third-order valence-electron chi connectivity index (χ3n) is 4.12. The monoisotopic (exact) mass is 319 g/mol. The predicted molar refractivity (Wildman–Crippen MR) is 92.3 cm³/mol. The van der Waals surface area contributed by atoms with Gasteiger partial charge in [-0.1, -0.05) is 25.1 Å². The van der Waals surface area contributed by atoms with E-state index in [0.29, 0.717) is 18.1 Å². The Kier molecular flexibility index (Phi) is 3.49. The third kappa shape index (κ3) is 2.62. The first-order valence-corrected chi connectivity index (χ1v) is 7.87. The van der Waals surface area contributed by atoms with Crippen LogP contribution in [0.25, 0.3) is 11.4 Å². The molecule has 0 radical (unpaired) electrons. The maximum Gasteiger partial charge on any atom is 0.253 e. The molecule has 0 fully saturated rings. The standard InChI is InChI=1S/C18H17N5O/c1-11-10-20-17(24)13-9-15(22-16(11)13)14-7-8-19-18(23-14)21-12-5-3-2-4-6-12/h2-9,11,22H,10H2,1H3,(H,20,24)(H,19,21,23). The molecule has 3 aromatic rings. The second kappa shape index (κ2) is 5.81. The van der Waals surface area contributed by atoms with Crippen molar-refractivity contribution in [2.24, 2.45) is 0 Å². The summed E-state index contributed by atoms with van der Waals surface area (Å²) in [5.41, 5.74) is 4.15. The summed E-state index contributed by atoms with van der Waals surface area (Å²) in [5, 5.41) is 6.07. The fourth-order valence-electron chi connectivity index (χ4n) is 2.85. The van der Waals surface area contributed by atoms with Crippen molar-refractivity contribution in [2.75, 3.05) is 11.9 Å². The van der Waals surface area contributed by atoms with E-state index in [1.165, 1.54) is 0 Å². The van der Waals surface area contributed by atoms with Crippen LogP contribution in [0.15, 0.2) is 48.7 Å². The molecule has 1 aromatic carbocycles. The molecule has 1 aliphatic rings. The number of rotatable bonds is 3. The van der Waals surface area contributed by atoms with Crippen LogP contribution in [0.2, 0.25) is 0 Å². The lowest BCUT2D eigenvalue weighted by Crippen LogP contribution is -2.33. The number of nitrogens with one attached hydrogen (secondary N) is 3. The highest BCUT2D eigenvalue weighted by Gasteiger charge is 2.25. The molecule has 0 saturated carbocycles. The van der Waals surface area contributed by atoms with Crippen LogP contribution < -0.4 is 10.6 Å². The third-order valence-corrected chi connectivity index (χ3v) is 4.12. The number of hydrogen-bond donors (Lipinski definition) is 3. The van der Waals surface area contributed by atoms with Crippen LogP contribution >= 0.6 is 0 Å². The molecule has 1 atom stereocenters. The molecule has 3 N–H and O–H groups in total. The van der Waals surface area contributed by atoms with Crippen molar-refractivity contribution in [3.8, 4) is 11.4 Å². The number of benzene rings is 1. The van der Waals surface area contributed by atoms with Gasteiger partial charge in [-0.25, -0.2) is 9.97 Å². The number of anilines is 2. The Morgan fingerprint density at radius 3 is 2.83 bits per heavy atom. The lowest BCUT2D eigenvalue weighted by atomic mass is 10.00. The van der Waals surface area contributed by atoms with E-state index >= 15 is 0 Å². The van der Waals surface area contributed by atoms with Crippen LogP contribution in [0.4, 0.5) is 11.6 Å². The summed E-state index contributed by atoms with van der Waals surface area (Å²) >= 11 is 0. The number of nitrogens with zero attached hydrogens (tertiary/aromatic N) is 2. The van der Waals surface area contributed by atoms with Crippen molar-refractivity contribution in [2.45, 2.75) is 12.8 Å². The Morgan fingerprint density at radius 1 is 1.21 bits per heavy atom. The van der Waals surface area contributed by atoms with Crippen LogP contribution in [0.5, 0.6) is 0 Å². The fourth-order valence-corrected chi connectivity index (χ4v) is 2.85. The summed E-state index contributed by atoms with van der Waals surface area (Å²) in [5.74, 6) is 0.737. The SMILES string of the molecule is CC1CNC(=O)c2cc(-c3ccnc(Nc4ccccc4)n3)[nH]c21. The van der Waals surface area contributed by atoms with E-state index in [-0.39, 0.29) is 11.8 Å². The Bertz CT molecular complexity index is 887. The first kappa shape index (κ1) is 14.4. The summed E-state index contributed by atoms with van der Waals surface area (Å²) in [4.78, 5) is 24.2. The van der Waals surface area contributed by atoms with Gasteiger partial charge in [-0.2, -0.15) is 0 Å². The highest BCUT2D eigenvalue weighted by molar-refractivity contribution is 5.98. The molecule has 0 saturated heterocycles. The van der Waals surface area contributed by atoms with Crippen molar-refractivity contribution in [3.05, 3.63) is 59.9 Å². The molecule has 120 valence electrons. The van der Waals surface area contributed by atoms with Gasteiger partial charge in [0.2, 0.25) is 5.95 Å². The van der Waals surface area contributed by atoms with Crippen LogP contribution in [0.1, 0.15) is 28.9 Å². The zero-order valence-corrected chi connectivity index (χ0v) is 13.2. The van der Waals surface area contributed by atoms with Crippen LogP contribution in [0.3, 0.4) is 0 Å². The van der Waals surface area contributed by atoms with Gasteiger partial charge in [-0.3, -0.25) is 4.79 Å². The number of H-pyrrole nitrogens is 1. The lowest BCUT2D eigenvalue weighted by molar-refractivity contribution is 0.0941. The van der Waals surface area contributed by atoms with Crippen molar-refractivity contribution in [1.82, 2.24) is 20.3 Å². The zero-order valence-electron chi connectivity index (χ0n) is 13.2.